The van der Waals surface area contributed by atoms with Crippen molar-refractivity contribution in [2.75, 3.05) is 13.2 Å². The van der Waals surface area contributed by atoms with Crippen LogP contribution >= 0.6 is 0 Å². The molecule has 52 heavy (non-hydrogen) atoms. The van der Waals surface area contributed by atoms with Gasteiger partial charge >= 0.3 is 11.9 Å². The van der Waals surface area contributed by atoms with Gasteiger partial charge in [-0.25, -0.2) is 9.59 Å². The van der Waals surface area contributed by atoms with Crippen LogP contribution in [0.15, 0.2) is 158 Å². The number of esters is 2. The molecule has 8 heteroatoms. The van der Waals surface area contributed by atoms with Gasteiger partial charge in [-0.1, -0.05) is 110 Å². The molecule has 0 aliphatic heterocycles. The highest BCUT2D eigenvalue weighted by Gasteiger charge is 2.20. The molecule has 5 aromatic rings. The van der Waals surface area contributed by atoms with Crippen LogP contribution in [0.5, 0.6) is 23.0 Å². The molecule has 2 unspecified atom stereocenters. The van der Waals surface area contributed by atoms with E-state index in [-0.39, 0.29) is 37.2 Å². The summed E-state index contributed by atoms with van der Waals surface area (Å²) in [6.45, 7) is 10.8. The van der Waals surface area contributed by atoms with Crippen molar-refractivity contribution >= 4 is 11.9 Å². The van der Waals surface area contributed by atoms with E-state index in [9.17, 15) is 9.59 Å². The molecular formula is C44H42O8. The quantitative estimate of drug-likeness (QED) is 0.0508. The van der Waals surface area contributed by atoms with Gasteiger partial charge in [-0.3, -0.25) is 0 Å². The van der Waals surface area contributed by atoms with Crippen LogP contribution in [0.1, 0.15) is 26.7 Å². The Balaban J connectivity index is 1.18. The van der Waals surface area contributed by atoms with Crippen molar-refractivity contribution in [2.24, 2.45) is 0 Å². The highest BCUT2D eigenvalue weighted by molar-refractivity contribution is 5.87. The Bertz CT molecular complexity index is 1780. The summed E-state index contributed by atoms with van der Waals surface area (Å²) in [5.74, 6) is 0.912. The largest absolute Gasteiger partial charge is 0.489 e. The Morgan fingerprint density at radius 3 is 1.15 bits per heavy atom. The summed E-state index contributed by atoms with van der Waals surface area (Å²) < 4.78 is 35.4. The number of hydrogen-bond acceptors (Lipinski definition) is 8. The lowest BCUT2D eigenvalue weighted by Crippen LogP contribution is -2.27. The molecule has 8 nitrogen and oxygen atoms in total. The van der Waals surface area contributed by atoms with E-state index in [4.69, 9.17) is 28.4 Å². The minimum atomic E-state index is -0.928. The molecule has 0 radical (unpaired) electrons. The molecule has 0 spiro atoms. The predicted octanol–water partition coefficient (Wildman–Crippen LogP) is 9.61. The van der Waals surface area contributed by atoms with Crippen LogP contribution in [0.25, 0.3) is 22.3 Å². The van der Waals surface area contributed by atoms with Gasteiger partial charge in [0.15, 0.2) is 11.5 Å². The van der Waals surface area contributed by atoms with Crippen LogP contribution in [0.2, 0.25) is 0 Å². The molecule has 2 atom stereocenters. The third-order valence-corrected chi connectivity index (χ3v) is 7.70. The van der Waals surface area contributed by atoms with Gasteiger partial charge in [0, 0.05) is 11.1 Å². The minimum absolute atomic E-state index is 0.150. The van der Waals surface area contributed by atoms with E-state index in [0.717, 1.165) is 22.3 Å². The van der Waals surface area contributed by atoms with Crippen LogP contribution in [0.4, 0.5) is 0 Å². The van der Waals surface area contributed by atoms with Gasteiger partial charge in [0.25, 0.3) is 0 Å². The lowest BCUT2D eigenvalue weighted by molar-refractivity contribution is -0.161. The van der Waals surface area contributed by atoms with Gasteiger partial charge in [0.05, 0.1) is 26.1 Å². The molecule has 0 aromatic heterocycles. The minimum Gasteiger partial charge on any atom is -0.489 e. The van der Waals surface area contributed by atoms with Gasteiger partial charge in [0.2, 0.25) is 12.6 Å². The zero-order valence-corrected chi connectivity index (χ0v) is 29.4. The van der Waals surface area contributed by atoms with E-state index in [1.54, 1.807) is 26.0 Å². The molecule has 0 saturated heterocycles. The van der Waals surface area contributed by atoms with Crippen LogP contribution in [0, 0.1) is 0 Å². The number of benzene rings is 5. The summed E-state index contributed by atoms with van der Waals surface area (Å²) in [4.78, 5) is 24.9. The summed E-state index contributed by atoms with van der Waals surface area (Å²) in [6, 6.07) is 42.3. The van der Waals surface area contributed by atoms with Gasteiger partial charge in [-0.2, -0.15) is 0 Å². The second-order valence-electron chi connectivity index (χ2n) is 12.0. The van der Waals surface area contributed by atoms with Gasteiger partial charge in [-0.05, 0) is 72.5 Å². The molecule has 266 valence electrons. The van der Waals surface area contributed by atoms with E-state index in [0.29, 0.717) is 23.0 Å². The first kappa shape index (κ1) is 37.0. The highest BCUT2D eigenvalue weighted by atomic mass is 16.7. The first-order valence-corrected chi connectivity index (χ1v) is 17.0. The van der Waals surface area contributed by atoms with E-state index in [2.05, 4.69) is 13.2 Å². The fraction of sp³-hybridized carbons (Fsp3) is 0.182. The smallest absolute Gasteiger partial charge is 0.336 e. The summed E-state index contributed by atoms with van der Waals surface area (Å²) in [5.41, 5.74) is 4.75. The van der Waals surface area contributed by atoms with E-state index in [1.165, 1.54) is 0 Å². The Morgan fingerprint density at radius 2 is 0.808 bits per heavy atom. The maximum atomic E-state index is 12.4. The molecule has 0 aliphatic rings. The number of carbonyl (C=O) groups excluding carboxylic acids is 2. The lowest BCUT2D eigenvalue weighted by Gasteiger charge is -2.21. The molecule has 5 aromatic carbocycles. The van der Waals surface area contributed by atoms with Gasteiger partial charge in [-0.15, -0.1) is 0 Å². The predicted molar refractivity (Wildman–Crippen MR) is 201 cm³/mol. The second-order valence-corrected chi connectivity index (χ2v) is 12.0. The van der Waals surface area contributed by atoms with Crippen molar-refractivity contribution in [3.63, 3.8) is 0 Å². The Morgan fingerprint density at radius 1 is 0.481 bits per heavy atom. The number of carbonyl (C=O) groups is 2. The molecule has 0 heterocycles. The fourth-order valence-electron chi connectivity index (χ4n) is 4.96. The number of ether oxygens (including phenoxy) is 6. The molecule has 0 bridgehead atoms. The third kappa shape index (κ3) is 11.1. The van der Waals surface area contributed by atoms with Crippen LogP contribution in [-0.4, -0.2) is 37.7 Å². The van der Waals surface area contributed by atoms with Crippen molar-refractivity contribution in [1.29, 1.82) is 0 Å². The van der Waals surface area contributed by atoms with Crippen molar-refractivity contribution < 1.29 is 38.0 Å². The van der Waals surface area contributed by atoms with Crippen molar-refractivity contribution in [1.82, 2.24) is 0 Å². The molecule has 0 N–H and O–H groups in total. The van der Waals surface area contributed by atoms with E-state index < -0.39 is 24.5 Å². The average Bonchev–Trinajstić information content (AvgIpc) is 3.16. The molecule has 5 rings (SSSR count). The SMILES string of the molecule is C=C(C)C(=O)OC(CCOc1ccccc1OCCC(OC(=O)C(=C)C)Oc1ccc(-c2ccccc2)cc1)Oc1ccc(-c2ccccc2)cc1. The maximum Gasteiger partial charge on any atom is 0.336 e. The molecule has 0 saturated carbocycles. The normalized spacial score (nSPS) is 11.7. The zero-order chi connectivity index (χ0) is 36.7. The third-order valence-electron chi connectivity index (χ3n) is 7.70. The fourth-order valence-corrected chi connectivity index (χ4v) is 4.96. The van der Waals surface area contributed by atoms with Crippen molar-refractivity contribution in [2.45, 2.75) is 39.3 Å². The van der Waals surface area contributed by atoms with Crippen LogP contribution < -0.4 is 18.9 Å². The van der Waals surface area contributed by atoms with Crippen LogP contribution in [0.3, 0.4) is 0 Å². The lowest BCUT2D eigenvalue weighted by atomic mass is 10.1. The van der Waals surface area contributed by atoms with Crippen molar-refractivity contribution in [3.8, 4) is 45.3 Å². The molecule has 0 fully saturated rings. The number of rotatable bonds is 18. The molecule has 0 amide bonds. The zero-order valence-electron chi connectivity index (χ0n) is 29.4. The Hall–Kier alpha value is -6.28. The first-order chi connectivity index (χ1) is 25.2. The Labute approximate surface area is 304 Å². The highest BCUT2D eigenvalue weighted by Crippen LogP contribution is 2.29. The first-order valence-electron chi connectivity index (χ1n) is 17.0. The molecular weight excluding hydrogens is 656 g/mol. The average molecular weight is 699 g/mol. The second kappa shape index (κ2) is 18.6. The maximum absolute atomic E-state index is 12.4. The topological polar surface area (TPSA) is 89.5 Å². The van der Waals surface area contributed by atoms with E-state index >= 15 is 0 Å². The molecule has 0 aliphatic carbocycles. The summed E-state index contributed by atoms with van der Waals surface area (Å²) in [6.07, 6.45) is -1.40. The van der Waals surface area contributed by atoms with Gasteiger partial charge in [0.1, 0.15) is 11.5 Å². The summed E-state index contributed by atoms with van der Waals surface area (Å²) in [5, 5.41) is 0. The number of hydrogen-bond donors (Lipinski definition) is 0. The Kier molecular flexibility index (Phi) is 13.3. The monoisotopic (exact) mass is 698 g/mol. The summed E-state index contributed by atoms with van der Waals surface area (Å²) >= 11 is 0. The van der Waals surface area contributed by atoms with Crippen LogP contribution in [-0.2, 0) is 19.1 Å². The summed E-state index contributed by atoms with van der Waals surface area (Å²) in [7, 11) is 0. The number of para-hydroxylation sites is 2. The van der Waals surface area contributed by atoms with Crippen molar-refractivity contribution in [3.05, 3.63) is 158 Å². The van der Waals surface area contributed by atoms with E-state index in [1.807, 2.05) is 121 Å². The van der Waals surface area contributed by atoms with Gasteiger partial charge < -0.3 is 28.4 Å². The standard InChI is InChI=1S/C44H42O8/c1-31(2)43(45)51-41(49-37-23-19-35(20-24-37)33-13-7-5-8-14-33)27-29-47-39-17-11-12-18-40(39)48-30-28-42(52-44(46)32(3)4)50-38-25-21-36(22-26-38)34-15-9-6-10-16-34/h5-26,41-42H,1,3,27-30H2,2,4H3.